The highest BCUT2D eigenvalue weighted by molar-refractivity contribution is 9.10. The summed E-state index contributed by atoms with van der Waals surface area (Å²) in [4.78, 5) is 14.2. The Kier molecular flexibility index (Phi) is 5.00. The molecule has 1 aliphatic carbocycles. The molecule has 2 aromatic rings. The average Bonchev–Trinajstić information content (AvgIpc) is 3.44. The summed E-state index contributed by atoms with van der Waals surface area (Å²) in [5.74, 6) is 0.590. The molecule has 0 saturated heterocycles. The molecule has 4 nitrogen and oxygen atoms in total. The van der Waals surface area contributed by atoms with Gasteiger partial charge in [0.25, 0.3) is 0 Å². The van der Waals surface area contributed by atoms with Gasteiger partial charge in [-0.25, -0.2) is 0 Å². The molecular formula is C19H20BrN3O. The Morgan fingerprint density at radius 3 is 2.58 bits per heavy atom. The van der Waals surface area contributed by atoms with Crippen molar-refractivity contribution in [3.8, 4) is 0 Å². The van der Waals surface area contributed by atoms with E-state index >= 15 is 0 Å². The van der Waals surface area contributed by atoms with Crippen LogP contribution in [0.1, 0.15) is 34.7 Å². The Labute approximate surface area is 150 Å². The minimum absolute atomic E-state index is 0.00937. The van der Waals surface area contributed by atoms with Crippen LogP contribution in [0.25, 0.3) is 0 Å². The van der Waals surface area contributed by atoms with Gasteiger partial charge in [-0.2, -0.15) is 0 Å². The summed E-state index contributed by atoms with van der Waals surface area (Å²) in [6, 6.07) is 13.4. The first-order valence-electron chi connectivity index (χ1n) is 8.00. The van der Waals surface area contributed by atoms with Gasteiger partial charge in [0.15, 0.2) is 5.78 Å². The lowest BCUT2D eigenvalue weighted by molar-refractivity contribution is 0.100. The maximum atomic E-state index is 12.5. The number of nitrogens with one attached hydrogen (secondary N) is 2. The lowest BCUT2D eigenvalue weighted by Gasteiger charge is -2.23. The number of nitrogens with zero attached hydrogens (tertiary/aromatic N) is 1. The third-order valence-corrected chi connectivity index (χ3v) is 4.82. The van der Waals surface area contributed by atoms with Gasteiger partial charge in [-0.1, -0.05) is 40.2 Å². The number of para-hydroxylation sites is 1. The zero-order valence-corrected chi connectivity index (χ0v) is 15.1. The Hall–Kier alpha value is -2.14. The summed E-state index contributed by atoms with van der Waals surface area (Å²) in [6.07, 6.45) is 3.64. The maximum Gasteiger partial charge on any atom is 0.182 e. The quantitative estimate of drug-likeness (QED) is 0.413. The first-order valence-corrected chi connectivity index (χ1v) is 8.80. The number of anilines is 2. The molecule has 0 radical (unpaired) electrons. The highest BCUT2D eigenvalue weighted by atomic mass is 79.9. The number of hydrogen-bond donors (Lipinski definition) is 2. The van der Waals surface area contributed by atoms with Crippen LogP contribution in [0.5, 0.6) is 0 Å². The van der Waals surface area contributed by atoms with Gasteiger partial charge in [-0.3, -0.25) is 10.2 Å². The molecule has 24 heavy (non-hydrogen) atoms. The third-order valence-electron chi connectivity index (χ3n) is 4.29. The Morgan fingerprint density at radius 1 is 1.29 bits per heavy atom. The molecule has 1 aliphatic rings. The summed E-state index contributed by atoms with van der Waals surface area (Å²) >= 11 is 3.38. The van der Waals surface area contributed by atoms with Crippen LogP contribution in [-0.4, -0.2) is 25.7 Å². The first-order chi connectivity index (χ1) is 11.6. The topological polar surface area (TPSA) is 56.2 Å². The van der Waals surface area contributed by atoms with E-state index in [1.54, 1.807) is 17.0 Å². The van der Waals surface area contributed by atoms with Crippen molar-refractivity contribution in [2.75, 3.05) is 23.8 Å². The highest BCUT2D eigenvalue weighted by Gasteiger charge is 2.27. The van der Waals surface area contributed by atoms with Crippen LogP contribution >= 0.6 is 15.9 Å². The van der Waals surface area contributed by atoms with E-state index in [1.165, 1.54) is 24.7 Å². The molecule has 0 unspecified atom stereocenters. The van der Waals surface area contributed by atoms with E-state index in [2.05, 4.69) is 27.3 Å². The van der Waals surface area contributed by atoms with E-state index in [9.17, 15) is 4.79 Å². The van der Waals surface area contributed by atoms with Crippen LogP contribution in [-0.2, 0) is 0 Å². The number of ketones is 1. The number of carbonyl (C=O) groups is 1. The van der Waals surface area contributed by atoms with Crippen molar-refractivity contribution in [1.82, 2.24) is 0 Å². The number of rotatable bonds is 7. The predicted octanol–water partition coefficient (Wildman–Crippen LogP) is 4.66. The van der Waals surface area contributed by atoms with Crippen LogP contribution in [0, 0.1) is 5.41 Å². The van der Waals surface area contributed by atoms with Crippen molar-refractivity contribution >= 4 is 39.4 Å². The number of halogens is 1. The fourth-order valence-corrected chi connectivity index (χ4v) is 3.15. The summed E-state index contributed by atoms with van der Waals surface area (Å²) in [6.45, 7) is 0.147. The van der Waals surface area contributed by atoms with Gasteiger partial charge in [0.05, 0.1) is 24.3 Å². The molecule has 0 amide bonds. The number of Topliss-reactive ketones (excluding diaryl/α,β-unsaturated/α-hetero) is 1. The van der Waals surface area contributed by atoms with Gasteiger partial charge in [-0.15, -0.1) is 0 Å². The van der Waals surface area contributed by atoms with Crippen LogP contribution in [0.3, 0.4) is 0 Å². The van der Waals surface area contributed by atoms with Crippen LogP contribution in [0.15, 0.2) is 46.9 Å². The van der Waals surface area contributed by atoms with Gasteiger partial charge in [-0.05, 0) is 42.5 Å². The minimum atomic E-state index is -0.00937. The third kappa shape index (κ3) is 3.51. The second-order valence-electron chi connectivity index (χ2n) is 5.95. The predicted molar refractivity (Wildman–Crippen MR) is 103 cm³/mol. The molecule has 1 saturated carbocycles. The molecular weight excluding hydrogens is 366 g/mol. The zero-order chi connectivity index (χ0) is 17.1. The highest BCUT2D eigenvalue weighted by Crippen LogP contribution is 2.46. The van der Waals surface area contributed by atoms with Gasteiger partial charge in [0.2, 0.25) is 0 Å². The molecule has 3 rings (SSSR count). The van der Waals surface area contributed by atoms with Gasteiger partial charge >= 0.3 is 0 Å². The molecule has 0 aromatic heterocycles. The summed E-state index contributed by atoms with van der Waals surface area (Å²) < 4.78 is 0.942. The molecule has 124 valence electrons. The Morgan fingerprint density at radius 2 is 2.00 bits per heavy atom. The average molecular weight is 386 g/mol. The molecule has 1 fully saturated rings. The van der Waals surface area contributed by atoms with Gasteiger partial charge < -0.3 is 10.2 Å². The van der Waals surface area contributed by atoms with E-state index in [0.717, 1.165) is 15.8 Å². The van der Waals surface area contributed by atoms with Crippen molar-refractivity contribution < 1.29 is 4.79 Å². The van der Waals surface area contributed by atoms with Gasteiger partial charge in [0.1, 0.15) is 0 Å². The van der Waals surface area contributed by atoms with E-state index < -0.39 is 0 Å². The van der Waals surface area contributed by atoms with E-state index in [-0.39, 0.29) is 12.3 Å². The van der Waals surface area contributed by atoms with E-state index in [1.807, 2.05) is 31.3 Å². The molecule has 0 bridgehead atoms. The number of benzene rings is 2. The molecule has 0 spiro atoms. The molecule has 5 heteroatoms. The summed E-state index contributed by atoms with van der Waals surface area (Å²) in [5.41, 5.74) is 3.82. The smallest absolute Gasteiger partial charge is 0.182 e. The van der Waals surface area contributed by atoms with Crippen LogP contribution < -0.4 is 10.2 Å². The first kappa shape index (κ1) is 16.7. The molecule has 0 atom stereocenters. The zero-order valence-electron chi connectivity index (χ0n) is 13.6. The van der Waals surface area contributed by atoms with Crippen molar-refractivity contribution in [3.05, 3.63) is 58.1 Å². The molecule has 2 aromatic carbocycles. The largest absolute Gasteiger partial charge is 0.386 e. The number of carbonyl (C=O) groups excluding carboxylic acids is 1. The van der Waals surface area contributed by atoms with Gasteiger partial charge in [0, 0.05) is 17.1 Å². The van der Waals surface area contributed by atoms with E-state index in [4.69, 9.17) is 5.41 Å². The second kappa shape index (κ2) is 7.18. The molecule has 0 aliphatic heterocycles. The van der Waals surface area contributed by atoms with E-state index in [0.29, 0.717) is 11.5 Å². The van der Waals surface area contributed by atoms with Crippen LogP contribution in [0.4, 0.5) is 11.4 Å². The lowest BCUT2D eigenvalue weighted by atomic mass is 10.1. The Bertz CT molecular complexity index is 754. The van der Waals surface area contributed by atoms with Crippen molar-refractivity contribution in [2.45, 2.75) is 18.8 Å². The van der Waals surface area contributed by atoms with Crippen molar-refractivity contribution in [1.29, 1.82) is 5.41 Å². The van der Waals surface area contributed by atoms with Crippen molar-refractivity contribution in [3.63, 3.8) is 0 Å². The monoisotopic (exact) mass is 385 g/mol. The second-order valence-corrected chi connectivity index (χ2v) is 6.87. The summed E-state index contributed by atoms with van der Waals surface area (Å²) in [7, 11) is 1.89. The fourth-order valence-electron chi connectivity index (χ4n) is 2.89. The maximum absolute atomic E-state index is 12.5. The summed E-state index contributed by atoms with van der Waals surface area (Å²) in [5, 5.41) is 11.0. The van der Waals surface area contributed by atoms with Crippen molar-refractivity contribution in [2.24, 2.45) is 0 Å². The molecule has 2 N–H and O–H groups in total. The fraction of sp³-hybridized carbons (Fsp3) is 0.263. The SMILES string of the molecule is CNc1c(C2CC2)cccc1N(C=N)CC(=O)c1ccc(Br)cc1. The van der Waals surface area contributed by atoms with Crippen LogP contribution in [0.2, 0.25) is 0 Å². The standard InChI is InChI=1S/C19H20BrN3O/c1-22-19-16(13-5-6-13)3-2-4-17(19)23(12-21)11-18(24)14-7-9-15(20)10-8-14/h2-4,7-10,12-13,21-22H,5-6,11H2,1H3. The minimum Gasteiger partial charge on any atom is -0.386 e. The Balaban J connectivity index is 1.86. The normalized spacial score (nSPS) is 13.4. The lowest BCUT2D eigenvalue weighted by Crippen LogP contribution is -2.29. The molecule has 0 heterocycles. The number of hydrogen-bond acceptors (Lipinski definition) is 3.